The van der Waals surface area contributed by atoms with Crippen LogP contribution in [0, 0.1) is 0 Å². The van der Waals surface area contributed by atoms with E-state index < -0.39 is 12.2 Å². The first kappa shape index (κ1) is 14.3. The quantitative estimate of drug-likeness (QED) is 0.919. The largest absolute Gasteiger partial charge is 0.410 e. The lowest BCUT2D eigenvalue weighted by Gasteiger charge is -2.21. The van der Waals surface area contributed by atoms with Crippen LogP contribution in [-0.2, 0) is 6.54 Å². The number of rotatable bonds is 4. The molecule has 108 valence electrons. The van der Waals surface area contributed by atoms with E-state index in [1.165, 1.54) is 0 Å². The Bertz CT molecular complexity index is 421. The lowest BCUT2D eigenvalue weighted by molar-refractivity contribution is -0.166. The van der Waals surface area contributed by atoms with Crippen LogP contribution < -0.4 is 5.32 Å². The molecular formula is C12H19F3N4. The van der Waals surface area contributed by atoms with E-state index in [1.54, 1.807) is 7.05 Å². The smallest absolute Gasteiger partial charge is 0.314 e. The summed E-state index contributed by atoms with van der Waals surface area (Å²) in [5, 5.41) is 10.6. The Balaban J connectivity index is 2.37. The van der Waals surface area contributed by atoms with Crippen LogP contribution in [0.1, 0.15) is 56.0 Å². The maximum absolute atomic E-state index is 12.9. The van der Waals surface area contributed by atoms with Crippen LogP contribution in [0.2, 0.25) is 0 Å². The zero-order valence-electron chi connectivity index (χ0n) is 11.2. The van der Waals surface area contributed by atoms with E-state index in [0.717, 1.165) is 37.3 Å². The van der Waals surface area contributed by atoms with Crippen molar-refractivity contribution < 1.29 is 13.2 Å². The molecule has 1 aromatic heterocycles. The number of nitrogens with one attached hydrogen (secondary N) is 1. The fourth-order valence-electron chi connectivity index (χ4n) is 2.67. The summed E-state index contributed by atoms with van der Waals surface area (Å²) < 4.78 is 39.8. The van der Waals surface area contributed by atoms with Gasteiger partial charge in [0.2, 0.25) is 0 Å². The highest BCUT2D eigenvalue weighted by atomic mass is 19.4. The number of aromatic nitrogens is 3. The molecule has 0 aliphatic heterocycles. The summed E-state index contributed by atoms with van der Waals surface area (Å²) in [5.41, 5.74) is 1.31. The van der Waals surface area contributed by atoms with Crippen LogP contribution >= 0.6 is 0 Å². The second-order valence-corrected chi connectivity index (χ2v) is 5.10. The molecule has 0 bridgehead atoms. The summed E-state index contributed by atoms with van der Waals surface area (Å²) >= 11 is 0. The second kappa shape index (κ2) is 5.48. The molecule has 19 heavy (non-hydrogen) atoms. The molecule has 1 fully saturated rings. The lowest BCUT2D eigenvalue weighted by Crippen LogP contribution is -2.27. The van der Waals surface area contributed by atoms with Crippen LogP contribution in [0.15, 0.2) is 0 Å². The molecule has 0 spiro atoms. The predicted molar refractivity (Wildman–Crippen MR) is 64.8 cm³/mol. The molecule has 1 aromatic rings. The number of hydrogen-bond donors (Lipinski definition) is 1. The van der Waals surface area contributed by atoms with Crippen molar-refractivity contribution in [2.45, 2.75) is 57.3 Å². The van der Waals surface area contributed by atoms with Gasteiger partial charge in [0.05, 0.1) is 11.4 Å². The zero-order chi connectivity index (χ0) is 14.0. The van der Waals surface area contributed by atoms with Gasteiger partial charge in [-0.25, -0.2) is 4.68 Å². The fourth-order valence-corrected chi connectivity index (χ4v) is 2.67. The Morgan fingerprint density at radius 3 is 2.53 bits per heavy atom. The molecule has 4 nitrogen and oxygen atoms in total. The summed E-state index contributed by atoms with van der Waals surface area (Å²) in [6, 6.07) is -1.62. The number of hydrogen-bond acceptors (Lipinski definition) is 3. The van der Waals surface area contributed by atoms with Gasteiger partial charge in [-0.2, -0.15) is 13.2 Å². The van der Waals surface area contributed by atoms with Crippen molar-refractivity contribution in [3.8, 4) is 0 Å². The summed E-state index contributed by atoms with van der Waals surface area (Å²) in [5.74, 6) is 0.156. The van der Waals surface area contributed by atoms with E-state index in [0.29, 0.717) is 17.9 Å². The van der Waals surface area contributed by atoms with Gasteiger partial charge >= 0.3 is 6.18 Å². The van der Waals surface area contributed by atoms with Crippen molar-refractivity contribution in [1.29, 1.82) is 0 Å². The topological polar surface area (TPSA) is 42.7 Å². The van der Waals surface area contributed by atoms with Crippen molar-refractivity contribution in [3.05, 3.63) is 11.4 Å². The molecule has 1 atom stereocenters. The summed E-state index contributed by atoms with van der Waals surface area (Å²) in [4.78, 5) is 0. The minimum atomic E-state index is -4.29. The number of alkyl halides is 3. The second-order valence-electron chi connectivity index (χ2n) is 5.10. The van der Waals surface area contributed by atoms with Crippen molar-refractivity contribution >= 4 is 0 Å². The molecule has 1 N–H and O–H groups in total. The van der Waals surface area contributed by atoms with E-state index in [2.05, 4.69) is 15.6 Å². The van der Waals surface area contributed by atoms with Crippen LogP contribution in [0.25, 0.3) is 0 Å². The molecular weight excluding hydrogens is 257 g/mol. The standard InChI is InChI=1S/C12H19F3N4/c1-8(12(13,14)15)19-11(9-5-3-4-6-9)10(7-16-2)17-18-19/h8-9,16H,3-7H2,1-2H3. The predicted octanol–water partition coefficient (Wildman–Crippen LogP) is 2.78. The monoisotopic (exact) mass is 276 g/mol. The minimum absolute atomic E-state index is 0.156. The Kier molecular flexibility index (Phi) is 4.13. The van der Waals surface area contributed by atoms with Crippen LogP contribution in [-0.4, -0.2) is 28.2 Å². The van der Waals surface area contributed by atoms with Crippen molar-refractivity contribution in [1.82, 2.24) is 20.3 Å². The first-order valence-corrected chi connectivity index (χ1v) is 6.60. The summed E-state index contributed by atoms with van der Waals surface area (Å²) in [7, 11) is 1.75. The van der Waals surface area contributed by atoms with Gasteiger partial charge in [0.1, 0.15) is 6.04 Å². The van der Waals surface area contributed by atoms with E-state index >= 15 is 0 Å². The van der Waals surface area contributed by atoms with Gasteiger partial charge in [-0.15, -0.1) is 5.10 Å². The van der Waals surface area contributed by atoms with E-state index in [4.69, 9.17) is 0 Å². The highest BCUT2D eigenvalue weighted by Crippen LogP contribution is 2.39. The van der Waals surface area contributed by atoms with Crippen molar-refractivity contribution in [2.75, 3.05) is 7.05 Å². The maximum atomic E-state index is 12.9. The van der Waals surface area contributed by atoms with Gasteiger partial charge in [-0.05, 0) is 26.8 Å². The first-order chi connectivity index (χ1) is 8.95. The molecule has 1 unspecified atom stereocenters. The van der Waals surface area contributed by atoms with Gasteiger partial charge in [0.15, 0.2) is 0 Å². The summed E-state index contributed by atoms with van der Waals surface area (Å²) in [6.07, 6.45) is -0.314. The highest BCUT2D eigenvalue weighted by molar-refractivity contribution is 5.18. The van der Waals surface area contributed by atoms with Gasteiger partial charge < -0.3 is 5.32 Å². The Labute approximate surface area is 110 Å². The van der Waals surface area contributed by atoms with E-state index in [9.17, 15) is 13.2 Å². The third-order valence-electron chi connectivity index (χ3n) is 3.73. The first-order valence-electron chi connectivity index (χ1n) is 6.60. The molecule has 1 saturated carbocycles. The third kappa shape index (κ3) is 2.91. The zero-order valence-corrected chi connectivity index (χ0v) is 11.2. The van der Waals surface area contributed by atoms with Crippen molar-refractivity contribution in [2.24, 2.45) is 0 Å². The molecule has 0 amide bonds. The highest BCUT2D eigenvalue weighted by Gasteiger charge is 2.41. The van der Waals surface area contributed by atoms with Gasteiger partial charge in [-0.3, -0.25) is 0 Å². The molecule has 2 rings (SSSR count). The van der Waals surface area contributed by atoms with E-state index in [1.807, 2.05) is 0 Å². The lowest BCUT2D eigenvalue weighted by atomic mass is 10.0. The van der Waals surface area contributed by atoms with Crippen LogP contribution in [0.4, 0.5) is 13.2 Å². The Morgan fingerprint density at radius 2 is 2.00 bits per heavy atom. The third-order valence-corrected chi connectivity index (χ3v) is 3.73. The average molecular weight is 276 g/mol. The molecule has 7 heteroatoms. The normalized spacial score (nSPS) is 19.0. The molecule has 0 saturated heterocycles. The number of halogens is 3. The average Bonchev–Trinajstić information content (AvgIpc) is 2.95. The molecule has 0 radical (unpaired) electrons. The fraction of sp³-hybridized carbons (Fsp3) is 0.833. The molecule has 1 aliphatic rings. The van der Waals surface area contributed by atoms with Crippen molar-refractivity contribution in [3.63, 3.8) is 0 Å². The minimum Gasteiger partial charge on any atom is -0.314 e. The van der Waals surface area contributed by atoms with Gasteiger partial charge in [-0.1, -0.05) is 18.1 Å². The van der Waals surface area contributed by atoms with E-state index in [-0.39, 0.29) is 5.92 Å². The maximum Gasteiger partial charge on any atom is 0.410 e. The molecule has 0 aromatic carbocycles. The number of nitrogens with zero attached hydrogens (tertiary/aromatic N) is 3. The molecule has 1 aliphatic carbocycles. The Morgan fingerprint density at radius 1 is 1.37 bits per heavy atom. The SMILES string of the molecule is CNCc1nnn(C(C)C(F)(F)F)c1C1CCCC1. The van der Waals surface area contributed by atoms with Gasteiger partial charge in [0.25, 0.3) is 0 Å². The van der Waals surface area contributed by atoms with Gasteiger partial charge in [0, 0.05) is 12.5 Å². The summed E-state index contributed by atoms with van der Waals surface area (Å²) in [6.45, 7) is 1.59. The van der Waals surface area contributed by atoms with Crippen LogP contribution in [0.3, 0.4) is 0 Å². The Hall–Kier alpha value is -1.11. The van der Waals surface area contributed by atoms with Crippen LogP contribution in [0.5, 0.6) is 0 Å². The molecule has 1 heterocycles.